The molecule has 0 aliphatic rings. The van der Waals surface area contributed by atoms with Crippen LogP contribution >= 0.6 is 0 Å². The highest BCUT2D eigenvalue weighted by Crippen LogP contribution is 2.14. The first-order valence-corrected chi connectivity index (χ1v) is 6.61. The summed E-state index contributed by atoms with van der Waals surface area (Å²) in [5.74, 6) is 0. The molecule has 0 atom stereocenters. The van der Waals surface area contributed by atoms with E-state index >= 15 is 0 Å². The van der Waals surface area contributed by atoms with Gasteiger partial charge in [0.25, 0.3) is 0 Å². The molecule has 0 radical (unpaired) electrons. The Kier molecular flexibility index (Phi) is 3.50. The van der Waals surface area contributed by atoms with Crippen LogP contribution in [0.5, 0.6) is 0 Å². The molecule has 0 aliphatic heterocycles. The fourth-order valence-corrected chi connectivity index (χ4v) is 2.26. The van der Waals surface area contributed by atoms with E-state index in [2.05, 4.69) is 0 Å². The summed E-state index contributed by atoms with van der Waals surface area (Å²) in [6.45, 7) is 0. The molecule has 0 heterocycles. The Morgan fingerprint density at radius 3 is 1.88 bits per heavy atom. The highest BCUT2D eigenvalue weighted by atomic mass is 32.2. The summed E-state index contributed by atoms with van der Waals surface area (Å²) in [7, 11) is -9.69. The van der Waals surface area contributed by atoms with Gasteiger partial charge in [0.15, 0.2) is 0 Å². The molecule has 90 valence electrons. The van der Waals surface area contributed by atoms with Crippen LogP contribution in [0, 0.1) is 0 Å². The predicted octanol–water partition coefficient (Wildman–Crippen LogP) is -0.397. The van der Waals surface area contributed by atoms with Gasteiger partial charge in [0.1, 0.15) is 0 Å². The number of para-hydroxylation sites is 1. The molecule has 10 heteroatoms. The lowest BCUT2D eigenvalue weighted by atomic mass is 10.3. The zero-order valence-corrected chi connectivity index (χ0v) is 9.31. The zero-order valence-electron chi connectivity index (χ0n) is 7.68. The first-order chi connectivity index (χ1) is 7.20. The SMILES string of the molecule is O=S(=O)(O)NN(c1ccccc1)S(=O)(=O)O. The van der Waals surface area contributed by atoms with Crippen LogP contribution in [0.25, 0.3) is 0 Å². The van der Waals surface area contributed by atoms with Gasteiger partial charge < -0.3 is 0 Å². The highest BCUT2D eigenvalue weighted by Gasteiger charge is 2.23. The van der Waals surface area contributed by atoms with Crippen LogP contribution in [-0.2, 0) is 20.6 Å². The minimum absolute atomic E-state index is 0.0810. The van der Waals surface area contributed by atoms with Crippen molar-refractivity contribution in [3.8, 4) is 0 Å². The Morgan fingerprint density at radius 1 is 1.00 bits per heavy atom. The summed E-state index contributed by atoms with van der Waals surface area (Å²) < 4.78 is 59.8. The van der Waals surface area contributed by atoms with Crippen molar-refractivity contribution in [3.63, 3.8) is 0 Å². The van der Waals surface area contributed by atoms with Gasteiger partial charge in [-0.25, -0.2) is 0 Å². The Balaban J connectivity index is 3.19. The average Bonchev–Trinajstić information content (AvgIpc) is 2.13. The third-order valence-corrected chi connectivity index (χ3v) is 2.71. The molecule has 0 saturated carbocycles. The fraction of sp³-hybridized carbons (Fsp3) is 0. The van der Waals surface area contributed by atoms with Crippen molar-refractivity contribution < 1.29 is 25.9 Å². The van der Waals surface area contributed by atoms with Crippen LogP contribution in [0.3, 0.4) is 0 Å². The van der Waals surface area contributed by atoms with Crippen molar-refractivity contribution in [2.75, 3.05) is 4.41 Å². The molecule has 0 aromatic heterocycles. The lowest BCUT2D eigenvalue weighted by Gasteiger charge is -2.18. The molecule has 3 N–H and O–H groups in total. The maximum atomic E-state index is 10.9. The first kappa shape index (κ1) is 12.9. The monoisotopic (exact) mass is 268 g/mol. The van der Waals surface area contributed by atoms with E-state index in [0.29, 0.717) is 0 Å². The number of nitrogens with zero attached hydrogens (tertiary/aromatic N) is 1. The average molecular weight is 268 g/mol. The van der Waals surface area contributed by atoms with Crippen molar-refractivity contribution in [2.45, 2.75) is 0 Å². The number of benzene rings is 1. The number of hydrogen-bond acceptors (Lipinski definition) is 4. The van der Waals surface area contributed by atoms with Crippen LogP contribution in [0.4, 0.5) is 5.69 Å². The second-order valence-corrected chi connectivity index (χ2v) is 5.04. The summed E-state index contributed by atoms with van der Waals surface area (Å²) in [4.78, 5) is 1.24. The second-order valence-electron chi connectivity index (χ2n) is 2.64. The molecule has 0 fully saturated rings. The third kappa shape index (κ3) is 3.75. The third-order valence-electron chi connectivity index (χ3n) is 1.42. The molecule has 0 amide bonds. The Bertz CT molecular complexity index is 552. The molecule has 0 spiro atoms. The molecule has 8 nitrogen and oxygen atoms in total. The van der Waals surface area contributed by atoms with Gasteiger partial charge in [-0.1, -0.05) is 23.0 Å². The number of anilines is 1. The summed E-state index contributed by atoms with van der Waals surface area (Å²) in [5.41, 5.74) is -0.178. The maximum Gasteiger partial charge on any atom is 0.374 e. The van der Waals surface area contributed by atoms with E-state index in [4.69, 9.17) is 9.11 Å². The Morgan fingerprint density at radius 2 is 1.50 bits per heavy atom. The van der Waals surface area contributed by atoms with Crippen molar-refractivity contribution >= 4 is 26.3 Å². The van der Waals surface area contributed by atoms with Gasteiger partial charge in [-0.2, -0.15) is 21.2 Å². The summed E-state index contributed by atoms with van der Waals surface area (Å²) in [5, 5.41) is 0. The molecule has 1 rings (SSSR count). The van der Waals surface area contributed by atoms with Gasteiger partial charge in [0.05, 0.1) is 5.69 Å². The molecule has 16 heavy (non-hydrogen) atoms. The fourth-order valence-electron chi connectivity index (χ4n) is 0.901. The molecule has 1 aromatic rings. The molecule has 0 unspecified atom stereocenters. The quantitative estimate of drug-likeness (QED) is 0.504. The van der Waals surface area contributed by atoms with Crippen molar-refractivity contribution in [3.05, 3.63) is 30.3 Å². The highest BCUT2D eigenvalue weighted by molar-refractivity contribution is 7.89. The number of nitrogens with one attached hydrogen (secondary N) is 1. The van der Waals surface area contributed by atoms with Gasteiger partial charge in [-0.05, 0) is 12.1 Å². The molecular formula is C6H8N2O6S2. The molecule has 1 aromatic carbocycles. The van der Waals surface area contributed by atoms with E-state index in [1.165, 1.54) is 29.1 Å². The van der Waals surface area contributed by atoms with Gasteiger partial charge in [0.2, 0.25) is 0 Å². The Hall–Kier alpha value is -1.20. The predicted molar refractivity (Wildman–Crippen MR) is 55.2 cm³/mol. The normalized spacial score (nSPS) is 12.4. The number of hydrazine groups is 1. The first-order valence-electron chi connectivity index (χ1n) is 3.78. The minimum Gasteiger partial charge on any atom is -0.272 e. The molecular weight excluding hydrogens is 260 g/mol. The van der Waals surface area contributed by atoms with E-state index in [1.54, 1.807) is 6.07 Å². The van der Waals surface area contributed by atoms with Crippen molar-refractivity contribution in [1.82, 2.24) is 4.83 Å². The molecule has 0 bridgehead atoms. The largest absolute Gasteiger partial charge is 0.374 e. The summed E-state index contributed by atoms with van der Waals surface area (Å²) in [6, 6.07) is 6.81. The van der Waals surface area contributed by atoms with Crippen LogP contribution in [-0.4, -0.2) is 25.9 Å². The van der Waals surface area contributed by atoms with E-state index < -0.39 is 20.6 Å². The van der Waals surface area contributed by atoms with E-state index in [0.717, 1.165) is 0 Å². The zero-order chi connectivity index (χ0) is 12.4. The van der Waals surface area contributed by atoms with Crippen LogP contribution < -0.4 is 9.25 Å². The molecule has 0 saturated heterocycles. The van der Waals surface area contributed by atoms with E-state index in [-0.39, 0.29) is 10.1 Å². The van der Waals surface area contributed by atoms with Crippen molar-refractivity contribution in [1.29, 1.82) is 0 Å². The maximum absolute atomic E-state index is 10.9. The minimum atomic E-state index is -4.87. The molecule has 0 aliphatic carbocycles. The van der Waals surface area contributed by atoms with Crippen molar-refractivity contribution in [2.24, 2.45) is 0 Å². The smallest absolute Gasteiger partial charge is 0.272 e. The van der Waals surface area contributed by atoms with Gasteiger partial charge in [-0.3, -0.25) is 9.11 Å². The van der Waals surface area contributed by atoms with Crippen LogP contribution in [0.2, 0.25) is 0 Å². The lowest BCUT2D eigenvalue weighted by Crippen LogP contribution is -2.45. The van der Waals surface area contributed by atoms with E-state index in [1.807, 2.05) is 0 Å². The topological polar surface area (TPSA) is 124 Å². The van der Waals surface area contributed by atoms with Gasteiger partial charge in [0, 0.05) is 0 Å². The van der Waals surface area contributed by atoms with Gasteiger partial charge >= 0.3 is 20.6 Å². The number of hydrogen-bond donors (Lipinski definition) is 3. The van der Waals surface area contributed by atoms with Crippen LogP contribution in [0.1, 0.15) is 0 Å². The van der Waals surface area contributed by atoms with Gasteiger partial charge in [-0.15, -0.1) is 0 Å². The van der Waals surface area contributed by atoms with Crippen LogP contribution in [0.15, 0.2) is 30.3 Å². The number of rotatable bonds is 4. The second kappa shape index (κ2) is 4.35. The lowest BCUT2D eigenvalue weighted by molar-refractivity contribution is 0.452. The summed E-state index contributed by atoms with van der Waals surface area (Å²) in [6.07, 6.45) is 0. The standard InChI is InChI=1S/C6H8N2O6S2/c9-15(10,11)7-8(16(12,13)14)6-4-2-1-3-5-6/h1-5,7H,(H,9,10,11)(H,12,13,14). The summed E-state index contributed by atoms with van der Waals surface area (Å²) >= 11 is 0. The van der Waals surface area contributed by atoms with E-state index in [9.17, 15) is 16.8 Å². The Labute approximate surface area is 92.2 Å².